The van der Waals surface area contributed by atoms with E-state index >= 15 is 0 Å². The fourth-order valence-corrected chi connectivity index (χ4v) is 4.98. The summed E-state index contributed by atoms with van der Waals surface area (Å²) in [7, 11) is -0.504. The molecule has 2 saturated carbocycles. The Morgan fingerprint density at radius 3 is 1.93 bits per heavy atom. The Labute approximate surface area is 96.5 Å². The van der Waals surface area contributed by atoms with Gasteiger partial charge in [-0.1, -0.05) is 38.5 Å². The van der Waals surface area contributed by atoms with E-state index in [0.717, 1.165) is 11.7 Å². The molecule has 0 N–H and O–H groups in total. The molecular weight excluding hydrogens is 204 g/mol. The second kappa shape index (κ2) is 6.03. The first kappa shape index (κ1) is 11.6. The van der Waals surface area contributed by atoms with Crippen LogP contribution in [-0.4, -0.2) is 15.2 Å². The Bertz CT molecular complexity index is 203. The zero-order chi connectivity index (χ0) is 10.5. The Kier molecular flexibility index (Phi) is 4.67. The Balaban J connectivity index is 1.74. The molecule has 1 atom stereocenters. The van der Waals surface area contributed by atoms with Crippen LogP contribution in [0.5, 0.6) is 0 Å². The number of hydrogen-bond acceptors (Lipinski definition) is 1. The standard InChI is InChI=1S/C13H24OS/c14-15(13-9-5-2-6-10-13)11-12-7-3-1-4-8-12/h12-13H,1-11H2. The maximum absolute atomic E-state index is 12.2. The van der Waals surface area contributed by atoms with Crippen molar-refractivity contribution in [2.75, 3.05) is 5.75 Å². The topological polar surface area (TPSA) is 17.1 Å². The molecule has 0 bridgehead atoms. The lowest BCUT2D eigenvalue weighted by atomic mass is 9.91. The third-order valence-electron chi connectivity index (χ3n) is 4.05. The minimum absolute atomic E-state index is 0.504. The molecule has 0 heterocycles. The molecule has 0 aromatic rings. The molecule has 0 amide bonds. The highest BCUT2D eigenvalue weighted by molar-refractivity contribution is 7.85. The van der Waals surface area contributed by atoms with Crippen molar-refractivity contribution in [2.24, 2.45) is 5.92 Å². The van der Waals surface area contributed by atoms with Crippen LogP contribution in [0, 0.1) is 5.92 Å². The van der Waals surface area contributed by atoms with Crippen LogP contribution < -0.4 is 0 Å². The summed E-state index contributed by atoms with van der Waals surface area (Å²) in [6.07, 6.45) is 13.3. The van der Waals surface area contributed by atoms with Gasteiger partial charge in [-0.2, -0.15) is 0 Å². The van der Waals surface area contributed by atoms with Gasteiger partial charge in [0.05, 0.1) is 0 Å². The van der Waals surface area contributed by atoms with E-state index in [4.69, 9.17) is 0 Å². The van der Waals surface area contributed by atoms with Crippen LogP contribution in [0.3, 0.4) is 0 Å². The molecule has 88 valence electrons. The Hall–Kier alpha value is 0.150. The summed E-state index contributed by atoms with van der Waals surface area (Å²) in [5, 5.41) is 0.556. The van der Waals surface area contributed by atoms with Gasteiger partial charge in [-0.25, -0.2) is 0 Å². The van der Waals surface area contributed by atoms with Crippen molar-refractivity contribution in [2.45, 2.75) is 69.5 Å². The van der Waals surface area contributed by atoms with Gasteiger partial charge in [0.1, 0.15) is 0 Å². The molecule has 2 aliphatic rings. The van der Waals surface area contributed by atoms with Gasteiger partial charge in [0.2, 0.25) is 0 Å². The lowest BCUT2D eigenvalue weighted by molar-refractivity contribution is 0.386. The highest BCUT2D eigenvalue weighted by atomic mass is 32.2. The van der Waals surface area contributed by atoms with Crippen LogP contribution in [0.2, 0.25) is 0 Å². The predicted octanol–water partition coefficient (Wildman–Crippen LogP) is 3.65. The zero-order valence-electron chi connectivity index (χ0n) is 9.75. The molecule has 1 unspecified atom stereocenters. The minimum Gasteiger partial charge on any atom is -0.259 e. The minimum atomic E-state index is -0.504. The van der Waals surface area contributed by atoms with Crippen LogP contribution in [0.15, 0.2) is 0 Å². The second-order valence-electron chi connectivity index (χ2n) is 5.31. The van der Waals surface area contributed by atoms with Crippen LogP contribution in [-0.2, 0) is 10.8 Å². The van der Waals surface area contributed by atoms with Gasteiger partial charge in [-0.15, -0.1) is 0 Å². The highest BCUT2D eigenvalue weighted by Crippen LogP contribution is 2.28. The van der Waals surface area contributed by atoms with Gasteiger partial charge in [-0.05, 0) is 31.6 Å². The van der Waals surface area contributed by atoms with Crippen molar-refractivity contribution in [1.29, 1.82) is 0 Å². The van der Waals surface area contributed by atoms with Gasteiger partial charge < -0.3 is 0 Å². The van der Waals surface area contributed by atoms with Crippen molar-refractivity contribution in [3.63, 3.8) is 0 Å². The van der Waals surface area contributed by atoms with Crippen molar-refractivity contribution < 1.29 is 4.21 Å². The molecule has 2 rings (SSSR count). The van der Waals surface area contributed by atoms with Crippen molar-refractivity contribution in [3.8, 4) is 0 Å². The van der Waals surface area contributed by atoms with E-state index in [1.54, 1.807) is 0 Å². The number of rotatable bonds is 3. The summed E-state index contributed by atoms with van der Waals surface area (Å²) >= 11 is 0. The van der Waals surface area contributed by atoms with Crippen LogP contribution in [0.1, 0.15) is 64.2 Å². The molecule has 15 heavy (non-hydrogen) atoms. The molecule has 0 aromatic carbocycles. The van der Waals surface area contributed by atoms with E-state index in [9.17, 15) is 4.21 Å². The molecule has 0 aliphatic heterocycles. The van der Waals surface area contributed by atoms with Crippen molar-refractivity contribution >= 4 is 10.8 Å². The quantitative estimate of drug-likeness (QED) is 0.720. The molecule has 2 aliphatic carbocycles. The van der Waals surface area contributed by atoms with Crippen LogP contribution in [0.4, 0.5) is 0 Å². The first-order chi connectivity index (χ1) is 7.36. The van der Waals surface area contributed by atoms with Crippen molar-refractivity contribution in [1.82, 2.24) is 0 Å². The fourth-order valence-electron chi connectivity index (χ4n) is 3.05. The Morgan fingerprint density at radius 2 is 1.33 bits per heavy atom. The van der Waals surface area contributed by atoms with Gasteiger partial charge in [-0.3, -0.25) is 4.21 Å². The lowest BCUT2D eigenvalue weighted by Gasteiger charge is -2.25. The van der Waals surface area contributed by atoms with E-state index in [1.165, 1.54) is 64.2 Å². The van der Waals surface area contributed by atoms with E-state index < -0.39 is 10.8 Å². The smallest absolute Gasteiger partial charge is 0.0348 e. The fraction of sp³-hybridized carbons (Fsp3) is 1.00. The van der Waals surface area contributed by atoms with Gasteiger partial charge in [0.15, 0.2) is 0 Å². The summed E-state index contributed by atoms with van der Waals surface area (Å²) in [6, 6.07) is 0. The first-order valence-electron chi connectivity index (χ1n) is 6.73. The zero-order valence-corrected chi connectivity index (χ0v) is 10.6. The molecule has 0 aromatic heterocycles. The van der Waals surface area contributed by atoms with E-state index in [0.29, 0.717) is 5.25 Å². The maximum atomic E-state index is 12.2. The third-order valence-corrected chi connectivity index (χ3v) is 6.06. The van der Waals surface area contributed by atoms with Gasteiger partial charge in [0.25, 0.3) is 0 Å². The molecule has 0 saturated heterocycles. The molecular formula is C13H24OS. The van der Waals surface area contributed by atoms with Crippen LogP contribution in [0.25, 0.3) is 0 Å². The third kappa shape index (κ3) is 3.58. The van der Waals surface area contributed by atoms with E-state index in [1.807, 2.05) is 0 Å². The lowest BCUT2D eigenvalue weighted by Crippen LogP contribution is -2.25. The average molecular weight is 228 g/mol. The van der Waals surface area contributed by atoms with Crippen molar-refractivity contribution in [3.05, 3.63) is 0 Å². The SMILES string of the molecule is O=S(CC1CCCCC1)C1CCCCC1. The van der Waals surface area contributed by atoms with E-state index in [-0.39, 0.29) is 0 Å². The summed E-state index contributed by atoms with van der Waals surface area (Å²) in [5.74, 6) is 1.81. The normalized spacial score (nSPS) is 27.7. The average Bonchev–Trinajstić information content (AvgIpc) is 2.31. The largest absolute Gasteiger partial charge is 0.259 e. The monoisotopic (exact) mass is 228 g/mol. The second-order valence-corrected chi connectivity index (χ2v) is 7.07. The summed E-state index contributed by atoms with van der Waals surface area (Å²) in [6.45, 7) is 0. The highest BCUT2D eigenvalue weighted by Gasteiger charge is 2.23. The predicted molar refractivity (Wildman–Crippen MR) is 66.5 cm³/mol. The molecule has 0 spiro atoms. The summed E-state index contributed by atoms with van der Waals surface area (Å²) in [4.78, 5) is 0. The van der Waals surface area contributed by atoms with Crippen LogP contribution >= 0.6 is 0 Å². The maximum Gasteiger partial charge on any atom is 0.0348 e. The van der Waals surface area contributed by atoms with E-state index in [2.05, 4.69) is 0 Å². The molecule has 0 radical (unpaired) electrons. The van der Waals surface area contributed by atoms with Gasteiger partial charge in [0, 0.05) is 21.8 Å². The molecule has 2 heteroatoms. The Morgan fingerprint density at radius 1 is 0.800 bits per heavy atom. The molecule has 1 nitrogen and oxygen atoms in total. The first-order valence-corrected chi connectivity index (χ1v) is 8.11. The summed E-state index contributed by atoms with van der Waals surface area (Å²) in [5.41, 5.74) is 0. The summed E-state index contributed by atoms with van der Waals surface area (Å²) < 4.78 is 12.2. The molecule has 2 fully saturated rings. The number of hydrogen-bond donors (Lipinski definition) is 0. The van der Waals surface area contributed by atoms with Gasteiger partial charge >= 0.3 is 0 Å².